The molecule has 0 spiro atoms. The van der Waals surface area contributed by atoms with Gasteiger partial charge in [0.2, 0.25) is 0 Å². The normalized spacial score (nSPS) is 11.1. The van der Waals surface area contributed by atoms with Crippen molar-refractivity contribution in [3.63, 3.8) is 0 Å². The first-order valence-corrected chi connectivity index (χ1v) is 8.22. The van der Waals surface area contributed by atoms with E-state index in [1.807, 2.05) is 30.6 Å². The monoisotopic (exact) mass is 338 g/mol. The summed E-state index contributed by atoms with van der Waals surface area (Å²) in [6.45, 7) is 0. The van der Waals surface area contributed by atoms with Crippen LogP contribution in [0.3, 0.4) is 0 Å². The summed E-state index contributed by atoms with van der Waals surface area (Å²) in [5, 5.41) is 8.65. The van der Waals surface area contributed by atoms with Crippen LogP contribution in [0.2, 0.25) is 0 Å². The first-order chi connectivity index (χ1) is 12.9. The molecular weight excluding hydrogens is 324 g/mol. The van der Waals surface area contributed by atoms with E-state index < -0.39 is 0 Å². The van der Waals surface area contributed by atoms with Crippen molar-refractivity contribution in [2.75, 3.05) is 0 Å². The summed E-state index contributed by atoms with van der Waals surface area (Å²) >= 11 is 0. The summed E-state index contributed by atoms with van der Waals surface area (Å²) in [5.41, 5.74) is 6.97. The van der Waals surface area contributed by atoms with Gasteiger partial charge in [-0.05, 0) is 41.5 Å². The average molecular weight is 338 g/mol. The molecule has 0 bridgehead atoms. The molecule has 0 saturated carbocycles. The van der Waals surface area contributed by atoms with E-state index in [1.165, 1.54) is 11.9 Å². The first kappa shape index (κ1) is 14.5. The summed E-state index contributed by atoms with van der Waals surface area (Å²) in [4.78, 5) is 15.7. The van der Waals surface area contributed by atoms with Crippen molar-refractivity contribution in [2.24, 2.45) is 0 Å². The standard InChI is InChI=1S/C20H14N6/c1-2-15(13-4-6-21-7-5-13)16-8-19(24-17(16)3-1)20-9-18(25-26-20)14-10-22-12-23-11-14/h1-12,24H,(H,25,26). The largest absolute Gasteiger partial charge is 0.353 e. The molecule has 6 heteroatoms. The van der Waals surface area contributed by atoms with Gasteiger partial charge in [0.15, 0.2) is 0 Å². The van der Waals surface area contributed by atoms with E-state index >= 15 is 0 Å². The number of benzene rings is 1. The highest BCUT2D eigenvalue weighted by Crippen LogP contribution is 2.32. The quantitative estimate of drug-likeness (QED) is 0.519. The number of hydrogen-bond donors (Lipinski definition) is 2. The van der Waals surface area contributed by atoms with Crippen LogP contribution in [0.5, 0.6) is 0 Å². The summed E-state index contributed by atoms with van der Waals surface area (Å²) in [6.07, 6.45) is 8.65. The Morgan fingerprint density at radius 3 is 2.46 bits per heavy atom. The van der Waals surface area contributed by atoms with E-state index in [0.717, 1.165) is 39.1 Å². The maximum absolute atomic E-state index is 4.44. The van der Waals surface area contributed by atoms with E-state index in [1.54, 1.807) is 12.4 Å². The van der Waals surface area contributed by atoms with Gasteiger partial charge in [-0.25, -0.2) is 9.97 Å². The number of aromatic amines is 2. The molecule has 0 unspecified atom stereocenters. The molecule has 0 atom stereocenters. The van der Waals surface area contributed by atoms with Crippen LogP contribution in [0.25, 0.3) is 44.7 Å². The third-order valence-electron chi connectivity index (χ3n) is 4.38. The molecule has 0 aliphatic carbocycles. The van der Waals surface area contributed by atoms with E-state index in [-0.39, 0.29) is 0 Å². The number of rotatable bonds is 3. The van der Waals surface area contributed by atoms with Gasteiger partial charge >= 0.3 is 0 Å². The molecule has 1 aromatic carbocycles. The lowest BCUT2D eigenvalue weighted by Gasteiger charge is -2.02. The molecule has 124 valence electrons. The Balaban J connectivity index is 1.60. The zero-order valence-corrected chi connectivity index (χ0v) is 13.7. The van der Waals surface area contributed by atoms with Crippen molar-refractivity contribution in [3.8, 4) is 33.8 Å². The second kappa shape index (κ2) is 5.93. The first-order valence-electron chi connectivity index (χ1n) is 8.22. The van der Waals surface area contributed by atoms with Crippen molar-refractivity contribution in [1.82, 2.24) is 30.1 Å². The summed E-state index contributed by atoms with van der Waals surface area (Å²) in [6, 6.07) is 14.4. The van der Waals surface area contributed by atoms with Crippen LogP contribution >= 0.6 is 0 Å². The molecule has 0 saturated heterocycles. The summed E-state index contributed by atoms with van der Waals surface area (Å²) in [5.74, 6) is 0. The maximum Gasteiger partial charge on any atom is 0.115 e. The average Bonchev–Trinajstić information content (AvgIpc) is 3.36. The number of aromatic nitrogens is 6. The number of nitrogens with zero attached hydrogens (tertiary/aromatic N) is 4. The zero-order chi connectivity index (χ0) is 17.3. The molecule has 4 aromatic heterocycles. The van der Waals surface area contributed by atoms with Gasteiger partial charge in [-0.1, -0.05) is 12.1 Å². The Labute approximate surface area is 149 Å². The maximum atomic E-state index is 4.44. The second-order valence-corrected chi connectivity index (χ2v) is 5.98. The Morgan fingerprint density at radius 1 is 0.769 bits per heavy atom. The SMILES string of the molecule is c1cc(-c2ccncc2)c2cc(-c3cc(-c4cncnc4)[nH]n3)[nH]c2c1. The number of nitrogens with one attached hydrogen (secondary N) is 2. The van der Waals surface area contributed by atoms with E-state index in [2.05, 4.69) is 54.4 Å². The molecule has 0 radical (unpaired) electrons. The van der Waals surface area contributed by atoms with Gasteiger partial charge in [0, 0.05) is 41.3 Å². The lowest BCUT2D eigenvalue weighted by Crippen LogP contribution is -1.81. The number of H-pyrrole nitrogens is 2. The van der Waals surface area contributed by atoms with Gasteiger partial charge in [0.25, 0.3) is 0 Å². The van der Waals surface area contributed by atoms with Crippen molar-refractivity contribution < 1.29 is 0 Å². The predicted octanol–water partition coefficient (Wildman–Crippen LogP) is 4.08. The predicted molar refractivity (Wildman–Crippen MR) is 100 cm³/mol. The van der Waals surface area contributed by atoms with Crippen molar-refractivity contribution in [2.45, 2.75) is 0 Å². The van der Waals surface area contributed by atoms with Gasteiger partial charge < -0.3 is 4.98 Å². The van der Waals surface area contributed by atoms with Crippen LogP contribution in [-0.2, 0) is 0 Å². The molecule has 0 aliphatic heterocycles. The minimum Gasteiger partial charge on any atom is -0.353 e. The van der Waals surface area contributed by atoms with Gasteiger partial charge in [-0.2, -0.15) is 5.10 Å². The smallest absolute Gasteiger partial charge is 0.115 e. The molecule has 0 aliphatic rings. The third kappa shape index (κ3) is 2.44. The molecule has 0 fully saturated rings. The highest BCUT2D eigenvalue weighted by molar-refractivity contribution is 5.98. The van der Waals surface area contributed by atoms with E-state index in [9.17, 15) is 0 Å². The number of pyridine rings is 1. The van der Waals surface area contributed by atoms with Gasteiger partial charge in [0.1, 0.15) is 12.0 Å². The van der Waals surface area contributed by atoms with Crippen LogP contribution in [-0.4, -0.2) is 30.1 Å². The highest BCUT2D eigenvalue weighted by atomic mass is 15.1. The van der Waals surface area contributed by atoms with Crippen molar-refractivity contribution in [1.29, 1.82) is 0 Å². The van der Waals surface area contributed by atoms with Crippen LogP contribution in [0.1, 0.15) is 0 Å². The Morgan fingerprint density at radius 2 is 1.62 bits per heavy atom. The molecular formula is C20H14N6. The zero-order valence-electron chi connectivity index (χ0n) is 13.7. The minimum atomic E-state index is 0.848. The van der Waals surface area contributed by atoms with Crippen LogP contribution in [0.15, 0.2) is 73.6 Å². The Bertz CT molecular complexity index is 1170. The lowest BCUT2D eigenvalue weighted by atomic mass is 10.0. The fourth-order valence-corrected chi connectivity index (χ4v) is 3.12. The molecule has 4 heterocycles. The van der Waals surface area contributed by atoms with Crippen LogP contribution in [0, 0.1) is 0 Å². The topological polar surface area (TPSA) is 83.1 Å². The highest BCUT2D eigenvalue weighted by Gasteiger charge is 2.11. The van der Waals surface area contributed by atoms with E-state index in [0.29, 0.717) is 0 Å². The van der Waals surface area contributed by atoms with Gasteiger partial charge in [-0.15, -0.1) is 0 Å². The lowest BCUT2D eigenvalue weighted by molar-refractivity contribution is 1.08. The molecule has 0 amide bonds. The van der Waals surface area contributed by atoms with Crippen molar-refractivity contribution >= 4 is 10.9 Å². The molecule has 2 N–H and O–H groups in total. The van der Waals surface area contributed by atoms with Crippen LogP contribution in [0.4, 0.5) is 0 Å². The fraction of sp³-hybridized carbons (Fsp3) is 0. The van der Waals surface area contributed by atoms with Crippen LogP contribution < -0.4 is 0 Å². The summed E-state index contributed by atoms with van der Waals surface area (Å²) < 4.78 is 0. The number of hydrogen-bond acceptors (Lipinski definition) is 4. The molecule has 5 aromatic rings. The van der Waals surface area contributed by atoms with Crippen molar-refractivity contribution in [3.05, 3.63) is 73.6 Å². The fourth-order valence-electron chi connectivity index (χ4n) is 3.12. The summed E-state index contributed by atoms with van der Waals surface area (Å²) in [7, 11) is 0. The van der Waals surface area contributed by atoms with E-state index in [4.69, 9.17) is 0 Å². The second-order valence-electron chi connectivity index (χ2n) is 5.98. The molecule has 26 heavy (non-hydrogen) atoms. The van der Waals surface area contributed by atoms with Gasteiger partial charge in [0.05, 0.1) is 11.4 Å². The number of fused-ring (bicyclic) bond motifs is 1. The van der Waals surface area contributed by atoms with Gasteiger partial charge in [-0.3, -0.25) is 10.1 Å². The molecule has 5 rings (SSSR count). The minimum absolute atomic E-state index is 0.848. The Hall–Kier alpha value is -3.80. The third-order valence-corrected chi connectivity index (χ3v) is 4.38. The molecule has 6 nitrogen and oxygen atoms in total. The Kier molecular flexibility index (Phi) is 3.31.